The number of aromatic nitrogens is 2. The monoisotopic (exact) mass is 340 g/mol. The molecular formula is C15H24N4O3S. The first-order valence-electron chi connectivity index (χ1n) is 7.75. The zero-order chi connectivity index (χ0) is 17.2. The van der Waals surface area contributed by atoms with E-state index in [1.807, 2.05) is 0 Å². The fraction of sp³-hybridized carbons (Fsp3) is 0.667. The molecule has 0 radical (unpaired) electrons. The smallest absolute Gasteiger partial charge is 0.272 e. The van der Waals surface area contributed by atoms with Crippen molar-refractivity contribution < 1.29 is 13.2 Å². The first kappa shape index (κ1) is 17.7. The van der Waals surface area contributed by atoms with Crippen molar-refractivity contribution in [3.8, 4) is 0 Å². The molecule has 1 amide bonds. The van der Waals surface area contributed by atoms with Gasteiger partial charge in [0.25, 0.3) is 5.91 Å². The zero-order valence-corrected chi connectivity index (χ0v) is 14.9. The lowest BCUT2D eigenvalue weighted by molar-refractivity contribution is 0.0741. The van der Waals surface area contributed by atoms with E-state index < -0.39 is 9.84 Å². The predicted molar refractivity (Wildman–Crippen MR) is 89.2 cm³/mol. The van der Waals surface area contributed by atoms with Gasteiger partial charge in [-0.3, -0.25) is 4.79 Å². The first-order valence-corrected chi connectivity index (χ1v) is 9.57. The van der Waals surface area contributed by atoms with Gasteiger partial charge in [-0.05, 0) is 25.3 Å². The molecule has 1 unspecified atom stereocenters. The molecule has 8 heteroatoms. The molecule has 1 saturated heterocycles. The summed E-state index contributed by atoms with van der Waals surface area (Å²) in [6.07, 6.45) is 0.479. The lowest BCUT2D eigenvalue weighted by Crippen LogP contribution is -2.38. The summed E-state index contributed by atoms with van der Waals surface area (Å²) in [6, 6.07) is 1.35. The summed E-state index contributed by atoms with van der Waals surface area (Å²) in [7, 11) is -1.40. The van der Waals surface area contributed by atoms with Crippen molar-refractivity contribution >= 4 is 21.7 Å². The van der Waals surface area contributed by atoms with Gasteiger partial charge in [-0.15, -0.1) is 0 Å². The van der Waals surface area contributed by atoms with Gasteiger partial charge in [0.05, 0.1) is 11.5 Å². The molecular weight excluding hydrogens is 316 g/mol. The van der Waals surface area contributed by atoms with Crippen molar-refractivity contribution in [2.24, 2.45) is 5.92 Å². The van der Waals surface area contributed by atoms with E-state index in [0.717, 1.165) is 0 Å². The first-order chi connectivity index (χ1) is 10.7. The molecule has 0 aromatic carbocycles. The average Bonchev–Trinajstić information content (AvgIpc) is 2.83. The molecule has 1 aliphatic heterocycles. The fourth-order valence-electron chi connectivity index (χ4n) is 2.48. The highest BCUT2D eigenvalue weighted by atomic mass is 32.2. The second kappa shape index (κ2) is 6.82. The van der Waals surface area contributed by atoms with Gasteiger partial charge in [-0.1, -0.05) is 13.8 Å². The van der Waals surface area contributed by atoms with Crippen molar-refractivity contribution in [2.45, 2.75) is 33.2 Å². The highest BCUT2D eigenvalue weighted by molar-refractivity contribution is 7.91. The van der Waals surface area contributed by atoms with E-state index in [9.17, 15) is 13.2 Å². The quantitative estimate of drug-likeness (QED) is 0.863. The van der Waals surface area contributed by atoms with Gasteiger partial charge in [-0.25, -0.2) is 18.4 Å². The Morgan fingerprint density at radius 3 is 2.70 bits per heavy atom. The van der Waals surface area contributed by atoms with Gasteiger partial charge in [0.2, 0.25) is 5.95 Å². The number of aryl methyl sites for hydroxylation is 1. The second-order valence-electron chi connectivity index (χ2n) is 6.47. The third kappa shape index (κ3) is 4.63. The summed E-state index contributed by atoms with van der Waals surface area (Å²) in [5.74, 6) is 0.751. The van der Waals surface area contributed by atoms with Crippen molar-refractivity contribution in [2.75, 3.05) is 30.4 Å². The Labute approximate surface area is 137 Å². The average molecular weight is 340 g/mol. The van der Waals surface area contributed by atoms with E-state index in [1.54, 1.807) is 20.0 Å². The molecule has 1 aliphatic rings. The van der Waals surface area contributed by atoms with E-state index in [1.165, 1.54) is 4.90 Å². The molecule has 23 heavy (non-hydrogen) atoms. The van der Waals surface area contributed by atoms with E-state index in [4.69, 9.17) is 0 Å². The molecule has 0 saturated carbocycles. The van der Waals surface area contributed by atoms with Crippen LogP contribution in [-0.4, -0.2) is 60.3 Å². The second-order valence-corrected chi connectivity index (χ2v) is 8.69. The van der Waals surface area contributed by atoms with Gasteiger partial charge in [-0.2, -0.15) is 0 Å². The third-order valence-corrected chi connectivity index (χ3v) is 5.57. The molecule has 128 valence electrons. The molecule has 2 rings (SSSR count). The molecule has 2 heterocycles. The molecule has 1 atom stereocenters. The largest absolute Gasteiger partial charge is 0.354 e. The standard InChI is InChI=1S/C15H24N4O3S/c1-10(2)8-16-15-17-11(3)7-13(18-15)14(20)19(4)12-5-6-23(21,22)9-12/h7,10,12H,5-6,8-9H2,1-4H3,(H,16,17,18). The highest BCUT2D eigenvalue weighted by Crippen LogP contribution is 2.18. The van der Waals surface area contributed by atoms with Crippen LogP contribution in [0.1, 0.15) is 36.5 Å². The molecule has 1 aromatic heterocycles. The number of amides is 1. The number of hydrogen-bond acceptors (Lipinski definition) is 6. The molecule has 0 spiro atoms. The minimum absolute atomic E-state index is 0.0256. The molecule has 0 aliphatic carbocycles. The van der Waals surface area contributed by atoms with Crippen LogP contribution in [0.3, 0.4) is 0 Å². The van der Waals surface area contributed by atoms with Crippen LogP contribution in [-0.2, 0) is 9.84 Å². The minimum Gasteiger partial charge on any atom is -0.354 e. The SMILES string of the molecule is Cc1cc(C(=O)N(C)C2CCS(=O)(=O)C2)nc(NCC(C)C)n1. The maximum atomic E-state index is 12.6. The summed E-state index contributed by atoms with van der Waals surface area (Å²) in [5, 5.41) is 3.11. The lowest BCUT2D eigenvalue weighted by atomic mass is 10.2. The highest BCUT2D eigenvalue weighted by Gasteiger charge is 2.33. The van der Waals surface area contributed by atoms with Gasteiger partial charge in [0.1, 0.15) is 5.69 Å². The summed E-state index contributed by atoms with van der Waals surface area (Å²) in [5.41, 5.74) is 0.984. The van der Waals surface area contributed by atoms with Crippen LogP contribution >= 0.6 is 0 Å². The Morgan fingerprint density at radius 2 is 2.13 bits per heavy atom. The Hall–Kier alpha value is -1.70. The van der Waals surface area contributed by atoms with E-state index in [0.29, 0.717) is 30.5 Å². The summed E-state index contributed by atoms with van der Waals surface area (Å²) >= 11 is 0. The third-order valence-electron chi connectivity index (χ3n) is 3.82. The molecule has 0 bridgehead atoms. The van der Waals surface area contributed by atoms with Gasteiger partial charge < -0.3 is 10.2 Å². The molecule has 1 fully saturated rings. The summed E-state index contributed by atoms with van der Waals surface area (Å²) in [4.78, 5) is 22.6. The Morgan fingerprint density at radius 1 is 1.43 bits per heavy atom. The van der Waals surface area contributed by atoms with E-state index in [2.05, 4.69) is 29.1 Å². The van der Waals surface area contributed by atoms with Gasteiger partial charge >= 0.3 is 0 Å². The van der Waals surface area contributed by atoms with Crippen LogP contribution in [0.25, 0.3) is 0 Å². The number of nitrogens with one attached hydrogen (secondary N) is 1. The number of hydrogen-bond donors (Lipinski definition) is 1. The van der Waals surface area contributed by atoms with Gasteiger partial charge in [0.15, 0.2) is 9.84 Å². The van der Waals surface area contributed by atoms with E-state index in [-0.39, 0.29) is 29.1 Å². The van der Waals surface area contributed by atoms with Crippen LogP contribution < -0.4 is 5.32 Å². The van der Waals surface area contributed by atoms with Crippen LogP contribution in [0.4, 0.5) is 5.95 Å². The number of carbonyl (C=O) groups is 1. The van der Waals surface area contributed by atoms with Crippen LogP contribution in [0, 0.1) is 12.8 Å². The fourth-order valence-corrected chi connectivity index (χ4v) is 4.25. The zero-order valence-electron chi connectivity index (χ0n) is 14.0. The topological polar surface area (TPSA) is 92.3 Å². The number of rotatable bonds is 5. The Balaban J connectivity index is 2.15. The van der Waals surface area contributed by atoms with Crippen molar-refractivity contribution in [3.05, 3.63) is 17.5 Å². The molecule has 7 nitrogen and oxygen atoms in total. The number of carbonyl (C=O) groups excluding carboxylic acids is 1. The Bertz CT molecular complexity index is 688. The normalized spacial score (nSPS) is 19.8. The van der Waals surface area contributed by atoms with E-state index >= 15 is 0 Å². The maximum Gasteiger partial charge on any atom is 0.272 e. The maximum absolute atomic E-state index is 12.6. The predicted octanol–water partition coefficient (Wildman–Crippen LogP) is 1.11. The minimum atomic E-state index is -3.03. The van der Waals surface area contributed by atoms with Crippen molar-refractivity contribution in [3.63, 3.8) is 0 Å². The van der Waals surface area contributed by atoms with Crippen molar-refractivity contribution in [1.82, 2.24) is 14.9 Å². The number of anilines is 1. The van der Waals surface area contributed by atoms with Crippen LogP contribution in [0.15, 0.2) is 6.07 Å². The lowest BCUT2D eigenvalue weighted by Gasteiger charge is -2.23. The van der Waals surface area contributed by atoms with Crippen LogP contribution in [0.5, 0.6) is 0 Å². The summed E-state index contributed by atoms with van der Waals surface area (Å²) in [6.45, 7) is 6.67. The molecule has 1 aromatic rings. The Kier molecular flexibility index (Phi) is 5.23. The summed E-state index contributed by atoms with van der Waals surface area (Å²) < 4.78 is 23.2. The molecule has 1 N–H and O–H groups in total. The van der Waals surface area contributed by atoms with Gasteiger partial charge in [0, 0.05) is 25.3 Å². The van der Waals surface area contributed by atoms with Crippen molar-refractivity contribution in [1.29, 1.82) is 0 Å². The number of nitrogens with zero attached hydrogens (tertiary/aromatic N) is 3. The number of sulfone groups is 1. The van der Waals surface area contributed by atoms with Crippen LogP contribution in [0.2, 0.25) is 0 Å².